The Kier molecular flexibility index (Phi) is 4.58. The lowest BCUT2D eigenvalue weighted by molar-refractivity contribution is 0.313. The summed E-state index contributed by atoms with van der Waals surface area (Å²) in [6.07, 6.45) is 0.994. The molecule has 0 aliphatic heterocycles. The number of hydrogen-bond donors (Lipinski definition) is 1. The molecular formula is C17H21NO. The summed E-state index contributed by atoms with van der Waals surface area (Å²) in [5, 5.41) is 0. The van der Waals surface area contributed by atoms with E-state index in [1.165, 1.54) is 5.56 Å². The first-order chi connectivity index (χ1) is 9.22. The van der Waals surface area contributed by atoms with Crippen LogP contribution in [0.4, 0.5) is 0 Å². The summed E-state index contributed by atoms with van der Waals surface area (Å²) in [6.45, 7) is 4.90. The van der Waals surface area contributed by atoms with Gasteiger partial charge in [0, 0.05) is 5.56 Å². The van der Waals surface area contributed by atoms with Crippen molar-refractivity contribution in [2.75, 3.05) is 6.61 Å². The van der Waals surface area contributed by atoms with Crippen molar-refractivity contribution in [3.05, 3.63) is 65.2 Å². The number of ether oxygens (including phenoxy) is 1. The molecule has 0 amide bonds. The molecule has 1 atom stereocenters. The van der Waals surface area contributed by atoms with Crippen molar-refractivity contribution in [3.8, 4) is 5.75 Å². The van der Waals surface area contributed by atoms with Crippen molar-refractivity contribution in [1.82, 2.24) is 0 Å². The molecule has 1 unspecified atom stereocenters. The van der Waals surface area contributed by atoms with Crippen molar-refractivity contribution >= 4 is 0 Å². The normalized spacial score (nSPS) is 12.2. The number of aryl methyl sites for hydroxylation is 1. The molecule has 2 aromatic rings. The number of para-hydroxylation sites is 1. The van der Waals surface area contributed by atoms with Crippen LogP contribution in [0.1, 0.15) is 36.1 Å². The minimum absolute atomic E-state index is 0.145. The van der Waals surface area contributed by atoms with Crippen LogP contribution in [0.5, 0.6) is 5.75 Å². The van der Waals surface area contributed by atoms with Gasteiger partial charge in [0.1, 0.15) is 5.75 Å². The van der Waals surface area contributed by atoms with Gasteiger partial charge in [0.25, 0.3) is 0 Å². The van der Waals surface area contributed by atoms with Crippen LogP contribution in [0.25, 0.3) is 0 Å². The van der Waals surface area contributed by atoms with Gasteiger partial charge in [-0.25, -0.2) is 0 Å². The van der Waals surface area contributed by atoms with Crippen LogP contribution in [0, 0.1) is 6.92 Å². The molecule has 100 valence electrons. The van der Waals surface area contributed by atoms with Gasteiger partial charge in [-0.15, -0.1) is 0 Å². The van der Waals surface area contributed by atoms with Gasteiger partial charge in [-0.3, -0.25) is 0 Å². The lowest BCUT2D eigenvalue weighted by atomic mass is 9.97. The second-order valence-corrected chi connectivity index (χ2v) is 4.78. The summed E-state index contributed by atoms with van der Waals surface area (Å²) in [6, 6.07) is 16.2. The van der Waals surface area contributed by atoms with Crippen LogP contribution >= 0.6 is 0 Å². The first-order valence-corrected chi connectivity index (χ1v) is 6.76. The Morgan fingerprint density at radius 3 is 2.63 bits per heavy atom. The molecule has 0 heterocycles. The van der Waals surface area contributed by atoms with E-state index in [0.29, 0.717) is 0 Å². The predicted molar refractivity (Wildman–Crippen MR) is 79.4 cm³/mol. The first kappa shape index (κ1) is 13.6. The van der Waals surface area contributed by atoms with Crippen molar-refractivity contribution in [1.29, 1.82) is 0 Å². The van der Waals surface area contributed by atoms with Crippen LogP contribution in [0.3, 0.4) is 0 Å². The fourth-order valence-electron chi connectivity index (χ4n) is 2.12. The molecule has 0 spiro atoms. The second-order valence-electron chi connectivity index (χ2n) is 4.78. The Balaban J connectivity index is 2.30. The Hall–Kier alpha value is -1.80. The highest BCUT2D eigenvalue weighted by atomic mass is 16.5. The number of hydrogen-bond acceptors (Lipinski definition) is 2. The number of nitrogens with two attached hydrogens (primary N) is 1. The summed E-state index contributed by atoms with van der Waals surface area (Å²) < 4.78 is 5.78. The van der Waals surface area contributed by atoms with Crippen LogP contribution in [-0.2, 0) is 0 Å². The van der Waals surface area contributed by atoms with Crippen molar-refractivity contribution < 1.29 is 4.74 Å². The second kappa shape index (κ2) is 6.39. The SMILES string of the molecule is CCCOc1ccccc1C(N)c1cccc(C)c1. The monoisotopic (exact) mass is 255 g/mol. The van der Waals surface area contributed by atoms with E-state index in [9.17, 15) is 0 Å². The number of benzene rings is 2. The molecule has 2 rings (SSSR count). The van der Waals surface area contributed by atoms with Gasteiger partial charge in [0.15, 0.2) is 0 Å². The zero-order chi connectivity index (χ0) is 13.7. The molecule has 2 nitrogen and oxygen atoms in total. The molecule has 0 aliphatic carbocycles. The third-order valence-corrected chi connectivity index (χ3v) is 3.12. The minimum atomic E-state index is -0.145. The quantitative estimate of drug-likeness (QED) is 0.881. The summed E-state index contributed by atoms with van der Waals surface area (Å²) in [5.41, 5.74) is 9.76. The lowest BCUT2D eigenvalue weighted by Crippen LogP contribution is -2.13. The van der Waals surface area contributed by atoms with Gasteiger partial charge in [-0.05, 0) is 25.0 Å². The van der Waals surface area contributed by atoms with E-state index in [4.69, 9.17) is 10.5 Å². The standard InChI is InChI=1S/C17H21NO/c1-3-11-19-16-10-5-4-9-15(16)17(18)14-8-6-7-13(2)12-14/h4-10,12,17H,3,11,18H2,1-2H3. The van der Waals surface area contributed by atoms with Crippen LogP contribution in [0.15, 0.2) is 48.5 Å². The highest BCUT2D eigenvalue weighted by molar-refractivity contribution is 5.42. The van der Waals surface area contributed by atoms with Crippen molar-refractivity contribution in [2.45, 2.75) is 26.3 Å². The maximum atomic E-state index is 6.38. The van der Waals surface area contributed by atoms with Crippen LogP contribution < -0.4 is 10.5 Å². The Bertz CT molecular complexity index is 536. The molecule has 0 aliphatic rings. The zero-order valence-electron chi connectivity index (χ0n) is 11.6. The third kappa shape index (κ3) is 3.36. The number of rotatable bonds is 5. The molecule has 0 fully saturated rings. The van der Waals surface area contributed by atoms with E-state index in [1.807, 2.05) is 30.3 Å². The van der Waals surface area contributed by atoms with E-state index < -0.39 is 0 Å². The highest BCUT2D eigenvalue weighted by Gasteiger charge is 2.13. The molecular weight excluding hydrogens is 234 g/mol. The maximum absolute atomic E-state index is 6.38. The Morgan fingerprint density at radius 1 is 1.11 bits per heavy atom. The van der Waals surface area contributed by atoms with Crippen LogP contribution in [0.2, 0.25) is 0 Å². The fourth-order valence-corrected chi connectivity index (χ4v) is 2.12. The molecule has 0 aromatic heterocycles. The maximum Gasteiger partial charge on any atom is 0.124 e. The van der Waals surface area contributed by atoms with Crippen molar-refractivity contribution in [2.24, 2.45) is 5.73 Å². The van der Waals surface area contributed by atoms with E-state index in [1.54, 1.807) is 0 Å². The molecule has 0 saturated carbocycles. The summed E-state index contributed by atoms with van der Waals surface area (Å²) in [7, 11) is 0. The molecule has 2 aromatic carbocycles. The molecule has 19 heavy (non-hydrogen) atoms. The summed E-state index contributed by atoms with van der Waals surface area (Å²) in [5.74, 6) is 0.887. The average Bonchev–Trinajstić information content (AvgIpc) is 2.44. The highest BCUT2D eigenvalue weighted by Crippen LogP contribution is 2.28. The molecule has 0 saturated heterocycles. The van der Waals surface area contributed by atoms with Gasteiger partial charge in [-0.2, -0.15) is 0 Å². The fraction of sp³-hybridized carbons (Fsp3) is 0.294. The molecule has 0 bridgehead atoms. The van der Waals surface area contributed by atoms with Crippen LogP contribution in [-0.4, -0.2) is 6.61 Å². The van der Waals surface area contributed by atoms with E-state index in [2.05, 4.69) is 32.0 Å². The summed E-state index contributed by atoms with van der Waals surface area (Å²) >= 11 is 0. The van der Waals surface area contributed by atoms with Gasteiger partial charge in [-0.1, -0.05) is 55.0 Å². The predicted octanol–water partition coefficient (Wildman–Crippen LogP) is 3.83. The first-order valence-electron chi connectivity index (χ1n) is 6.76. The molecule has 0 radical (unpaired) electrons. The average molecular weight is 255 g/mol. The van der Waals surface area contributed by atoms with Gasteiger partial charge in [0.2, 0.25) is 0 Å². The molecule has 2 N–H and O–H groups in total. The smallest absolute Gasteiger partial charge is 0.124 e. The van der Waals surface area contributed by atoms with E-state index in [-0.39, 0.29) is 6.04 Å². The Morgan fingerprint density at radius 2 is 1.89 bits per heavy atom. The van der Waals surface area contributed by atoms with E-state index in [0.717, 1.165) is 29.9 Å². The third-order valence-electron chi connectivity index (χ3n) is 3.12. The lowest BCUT2D eigenvalue weighted by Gasteiger charge is -2.17. The van der Waals surface area contributed by atoms with Crippen molar-refractivity contribution in [3.63, 3.8) is 0 Å². The minimum Gasteiger partial charge on any atom is -0.493 e. The topological polar surface area (TPSA) is 35.2 Å². The Labute approximate surface area is 115 Å². The zero-order valence-corrected chi connectivity index (χ0v) is 11.6. The van der Waals surface area contributed by atoms with Gasteiger partial charge >= 0.3 is 0 Å². The van der Waals surface area contributed by atoms with Gasteiger partial charge < -0.3 is 10.5 Å². The largest absolute Gasteiger partial charge is 0.493 e. The van der Waals surface area contributed by atoms with E-state index >= 15 is 0 Å². The molecule has 2 heteroatoms. The summed E-state index contributed by atoms with van der Waals surface area (Å²) in [4.78, 5) is 0. The van der Waals surface area contributed by atoms with Gasteiger partial charge in [0.05, 0.1) is 12.6 Å².